The van der Waals surface area contributed by atoms with Crippen LogP contribution in [0.15, 0.2) is 59.6 Å². The Balaban J connectivity index is 1.51. The number of carbonyl (C=O) groups is 1. The van der Waals surface area contributed by atoms with Gasteiger partial charge in [-0.05, 0) is 29.8 Å². The minimum atomic E-state index is -3.12. The summed E-state index contributed by atoms with van der Waals surface area (Å²) in [5.41, 5.74) is 0.817. The van der Waals surface area contributed by atoms with E-state index >= 15 is 0 Å². The molecule has 0 bridgehead atoms. The third-order valence-corrected chi connectivity index (χ3v) is 8.01. The molecule has 29 heavy (non-hydrogen) atoms. The first-order valence-corrected chi connectivity index (χ1v) is 11.8. The topological polar surface area (TPSA) is 76.0 Å². The number of amidine groups is 1. The van der Waals surface area contributed by atoms with Crippen LogP contribution in [0.25, 0.3) is 0 Å². The number of amides is 1. The Hall–Kier alpha value is -2.39. The van der Waals surface area contributed by atoms with E-state index < -0.39 is 15.7 Å². The van der Waals surface area contributed by atoms with Gasteiger partial charge in [-0.15, -0.1) is 0 Å². The number of rotatable bonds is 5. The van der Waals surface area contributed by atoms with Gasteiger partial charge in [0, 0.05) is 11.8 Å². The van der Waals surface area contributed by atoms with Crippen LogP contribution in [0.5, 0.6) is 5.75 Å². The number of benzene rings is 2. The molecule has 2 atom stereocenters. The SMILES string of the molecule is O=C(COc1ccccc1)N=C1S[C@H]2CS(=O)(=O)C[C@@H]2N1Cc1ccc(F)cc1. The van der Waals surface area contributed by atoms with Crippen LogP contribution < -0.4 is 4.74 Å². The molecule has 0 aromatic heterocycles. The Morgan fingerprint density at radius 1 is 1.14 bits per heavy atom. The van der Waals surface area contributed by atoms with Gasteiger partial charge >= 0.3 is 0 Å². The standard InChI is InChI=1S/C20H19FN2O4S2/c21-15-8-6-14(7-9-15)10-23-17-12-29(25,26)13-18(17)28-20(23)22-19(24)11-27-16-4-2-1-3-5-16/h1-9,17-18H,10-13H2/t17-,18-/m0/s1. The van der Waals surface area contributed by atoms with Crippen LogP contribution in [0.1, 0.15) is 5.56 Å². The molecule has 2 aliphatic heterocycles. The van der Waals surface area contributed by atoms with Gasteiger partial charge in [-0.1, -0.05) is 42.1 Å². The van der Waals surface area contributed by atoms with Crippen molar-refractivity contribution in [3.8, 4) is 5.75 Å². The Bertz CT molecular complexity index is 1030. The zero-order chi connectivity index (χ0) is 20.4. The van der Waals surface area contributed by atoms with Crippen molar-refractivity contribution in [2.24, 2.45) is 4.99 Å². The van der Waals surface area contributed by atoms with Gasteiger partial charge in [-0.2, -0.15) is 4.99 Å². The number of para-hydroxylation sites is 1. The summed E-state index contributed by atoms with van der Waals surface area (Å²) < 4.78 is 42.8. The quantitative estimate of drug-likeness (QED) is 0.720. The molecule has 2 fully saturated rings. The smallest absolute Gasteiger partial charge is 0.285 e. The molecule has 0 radical (unpaired) electrons. The van der Waals surface area contributed by atoms with Crippen molar-refractivity contribution in [1.82, 2.24) is 4.90 Å². The van der Waals surface area contributed by atoms with Crippen molar-refractivity contribution in [2.75, 3.05) is 18.1 Å². The molecule has 0 spiro atoms. The fourth-order valence-corrected chi connectivity index (χ4v) is 7.38. The van der Waals surface area contributed by atoms with Crippen LogP contribution in [0.4, 0.5) is 4.39 Å². The Labute approximate surface area is 172 Å². The number of aliphatic imine (C=N–C) groups is 1. The first-order chi connectivity index (χ1) is 13.9. The van der Waals surface area contributed by atoms with Gasteiger partial charge in [-0.25, -0.2) is 12.8 Å². The Kier molecular flexibility index (Phi) is 5.60. The molecule has 6 nitrogen and oxygen atoms in total. The average molecular weight is 435 g/mol. The van der Waals surface area contributed by atoms with Crippen molar-refractivity contribution < 1.29 is 22.3 Å². The summed E-state index contributed by atoms with van der Waals surface area (Å²) in [6, 6.07) is 14.7. The number of fused-ring (bicyclic) bond motifs is 1. The summed E-state index contributed by atoms with van der Waals surface area (Å²) in [5.74, 6) is -0.113. The molecule has 0 saturated carbocycles. The first-order valence-electron chi connectivity index (χ1n) is 9.07. The summed E-state index contributed by atoms with van der Waals surface area (Å²) >= 11 is 1.31. The van der Waals surface area contributed by atoms with Crippen LogP contribution >= 0.6 is 11.8 Å². The lowest BCUT2D eigenvalue weighted by atomic mass is 10.1. The Morgan fingerprint density at radius 2 is 1.86 bits per heavy atom. The number of halogens is 1. The van der Waals surface area contributed by atoms with E-state index in [4.69, 9.17) is 4.74 Å². The van der Waals surface area contributed by atoms with E-state index in [0.717, 1.165) is 5.56 Å². The molecule has 9 heteroatoms. The molecule has 1 amide bonds. The zero-order valence-corrected chi connectivity index (χ0v) is 17.0. The summed E-state index contributed by atoms with van der Waals surface area (Å²) in [6.45, 7) is 0.154. The highest BCUT2D eigenvalue weighted by Crippen LogP contribution is 2.39. The van der Waals surface area contributed by atoms with E-state index in [9.17, 15) is 17.6 Å². The number of thioether (sulfide) groups is 1. The zero-order valence-electron chi connectivity index (χ0n) is 15.4. The molecule has 2 aromatic carbocycles. The molecular weight excluding hydrogens is 415 g/mol. The molecule has 0 unspecified atom stereocenters. The molecule has 0 aliphatic carbocycles. The highest BCUT2D eigenvalue weighted by Gasteiger charge is 2.48. The van der Waals surface area contributed by atoms with E-state index in [1.807, 2.05) is 23.1 Å². The highest BCUT2D eigenvalue weighted by molar-refractivity contribution is 8.15. The van der Waals surface area contributed by atoms with Crippen LogP contribution in [-0.4, -0.2) is 53.8 Å². The molecular formula is C20H19FN2O4S2. The number of hydrogen-bond acceptors (Lipinski definition) is 5. The van der Waals surface area contributed by atoms with Crippen molar-refractivity contribution in [3.05, 3.63) is 66.0 Å². The van der Waals surface area contributed by atoms with Crippen molar-refractivity contribution in [2.45, 2.75) is 17.8 Å². The van der Waals surface area contributed by atoms with E-state index in [2.05, 4.69) is 4.99 Å². The number of carbonyl (C=O) groups excluding carboxylic acids is 1. The Morgan fingerprint density at radius 3 is 2.59 bits per heavy atom. The van der Waals surface area contributed by atoms with Gasteiger partial charge in [0.1, 0.15) is 11.6 Å². The molecule has 0 N–H and O–H groups in total. The van der Waals surface area contributed by atoms with Gasteiger partial charge < -0.3 is 9.64 Å². The lowest BCUT2D eigenvalue weighted by Crippen LogP contribution is -2.37. The number of hydrogen-bond donors (Lipinski definition) is 0. The van der Waals surface area contributed by atoms with Crippen LogP contribution in [0.3, 0.4) is 0 Å². The van der Waals surface area contributed by atoms with Crippen LogP contribution in [0.2, 0.25) is 0 Å². The van der Waals surface area contributed by atoms with Crippen LogP contribution in [-0.2, 0) is 21.2 Å². The van der Waals surface area contributed by atoms with Gasteiger partial charge in [-0.3, -0.25) is 4.79 Å². The summed E-state index contributed by atoms with van der Waals surface area (Å²) in [7, 11) is -3.12. The van der Waals surface area contributed by atoms with Crippen LogP contribution in [0, 0.1) is 5.82 Å². The normalized spacial score (nSPS) is 23.9. The third kappa shape index (κ3) is 4.79. The second kappa shape index (κ2) is 8.16. The molecule has 2 saturated heterocycles. The maximum absolute atomic E-state index is 13.2. The number of ether oxygens (including phenoxy) is 1. The van der Waals surface area contributed by atoms with E-state index in [1.54, 1.807) is 24.3 Å². The average Bonchev–Trinajstić information content (AvgIpc) is 3.15. The predicted molar refractivity (Wildman–Crippen MR) is 110 cm³/mol. The van der Waals surface area contributed by atoms with Gasteiger partial charge in [0.2, 0.25) is 0 Å². The molecule has 2 aromatic rings. The van der Waals surface area contributed by atoms with Gasteiger partial charge in [0.05, 0.1) is 17.5 Å². The number of sulfone groups is 1. The lowest BCUT2D eigenvalue weighted by Gasteiger charge is -2.24. The monoisotopic (exact) mass is 434 g/mol. The second-order valence-corrected chi connectivity index (χ2v) is 10.3. The summed E-state index contributed by atoms with van der Waals surface area (Å²) in [6.07, 6.45) is 0. The minimum Gasteiger partial charge on any atom is -0.484 e. The molecule has 4 rings (SSSR count). The maximum Gasteiger partial charge on any atom is 0.285 e. The summed E-state index contributed by atoms with van der Waals surface area (Å²) in [5, 5.41) is 0.322. The molecule has 2 heterocycles. The second-order valence-electron chi connectivity index (χ2n) is 6.94. The van der Waals surface area contributed by atoms with Crippen molar-refractivity contribution in [3.63, 3.8) is 0 Å². The van der Waals surface area contributed by atoms with E-state index in [1.165, 1.54) is 23.9 Å². The van der Waals surface area contributed by atoms with Crippen molar-refractivity contribution in [1.29, 1.82) is 0 Å². The molecule has 152 valence electrons. The fourth-order valence-electron chi connectivity index (χ4n) is 3.41. The largest absolute Gasteiger partial charge is 0.484 e. The van der Waals surface area contributed by atoms with E-state index in [0.29, 0.717) is 17.5 Å². The number of nitrogens with zero attached hydrogens (tertiary/aromatic N) is 2. The fraction of sp³-hybridized carbons (Fsp3) is 0.300. The molecule has 2 aliphatic rings. The third-order valence-electron chi connectivity index (χ3n) is 4.77. The van der Waals surface area contributed by atoms with E-state index in [-0.39, 0.29) is 35.2 Å². The minimum absolute atomic E-state index is 0.0274. The highest BCUT2D eigenvalue weighted by atomic mass is 32.2. The lowest BCUT2D eigenvalue weighted by molar-refractivity contribution is -0.119. The van der Waals surface area contributed by atoms with Gasteiger partial charge in [0.25, 0.3) is 5.91 Å². The van der Waals surface area contributed by atoms with Gasteiger partial charge in [0.15, 0.2) is 21.6 Å². The first kappa shape index (κ1) is 19.9. The summed E-state index contributed by atoms with van der Waals surface area (Å²) in [4.78, 5) is 18.4. The van der Waals surface area contributed by atoms with Crippen molar-refractivity contribution >= 4 is 32.7 Å². The maximum atomic E-state index is 13.2. The predicted octanol–water partition coefficient (Wildman–Crippen LogP) is 2.50.